The molecule has 0 saturated heterocycles. The minimum Gasteiger partial charge on any atom is -0.324 e. The number of ketones is 2. The van der Waals surface area contributed by atoms with Crippen LogP contribution in [0.25, 0.3) is 5.70 Å². The fraction of sp³-hybridized carbons (Fsp3) is 0.353. The average molecular weight is 281 g/mol. The lowest BCUT2D eigenvalue weighted by atomic mass is 9.66. The van der Waals surface area contributed by atoms with Gasteiger partial charge in [0.15, 0.2) is 0 Å². The van der Waals surface area contributed by atoms with Gasteiger partial charge in [0, 0.05) is 16.7 Å². The molecule has 1 aromatic carbocycles. The molecule has 0 unspecified atom stereocenters. The topological polar surface area (TPSA) is 63.2 Å². The summed E-state index contributed by atoms with van der Waals surface area (Å²) < 4.78 is 0. The summed E-state index contributed by atoms with van der Waals surface area (Å²) >= 11 is 0. The number of carbonyl (C=O) groups excluding carboxylic acids is 3. The molecule has 1 saturated carbocycles. The van der Waals surface area contributed by atoms with E-state index in [0.717, 1.165) is 19.3 Å². The third-order valence-electron chi connectivity index (χ3n) is 4.98. The van der Waals surface area contributed by atoms with Gasteiger partial charge < -0.3 is 5.32 Å². The zero-order valence-electron chi connectivity index (χ0n) is 11.6. The molecule has 1 aliphatic heterocycles. The molecule has 0 bridgehead atoms. The molecule has 21 heavy (non-hydrogen) atoms. The first kappa shape index (κ1) is 12.5. The van der Waals surface area contributed by atoms with Gasteiger partial charge in [-0.05, 0) is 12.8 Å². The van der Waals surface area contributed by atoms with Gasteiger partial charge >= 0.3 is 0 Å². The Hall–Kier alpha value is -2.23. The summed E-state index contributed by atoms with van der Waals surface area (Å²) in [6, 6.07) is 7.02. The van der Waals surface area contributed by atoms with Gasteiger partial charge in [0.1, 0.15) is 0 Å². The largest absolute Gasteiger partial charge is 0.324 e. The predicted molar refractivity (Wildman–Crippen MR) is 76.4 cm³/mol. The highest BCUT2D eigenvalue weighted by atomic mass is 16.2. The van der Waals surface area contributed by atoms with Gasteiger partial charge in [0.25, 0.3) is 0 Å². The van der Waals surface area contributed by atoms with Crippen molar-refractivity contribution in [1.29, 1.82) is 0 Å². The first-order chi connectivity index (χ1) is 10.1. The van der Waals surface area contributed by atoms with Crippen LogP contribution in [0, 0.1) is 5.41 Å². The van der Waals surface area contributed by atoms with Gasteiger partial charge in [-0.15, -0.1) is 0 Å². The second-order valence-corrected chi connectivity index (χ2v) is 6.05. The Labute approximate surface area is 122 Å². The lowest BCUT2D eigenvalue weighted by Gasteiger charge is -2.33. The van der Waals surface area contributed by atoms with E-state index in [0.29, 0.717) is 35.2 Å². The van der Waals surface area contributed by atoms with Crippen LogP contribution in [0.1, 0.15) is 48.0 Å². The summed E-state index contributed by atoms with van der Waals surface area (Å²) in [5.41, 5.74) is 1.31. The number of amides is 1. The molecule has 0 aromatic heterocycles. The van der Waals surface area contributed by atoms with Gasteiger partial charge in [-0.1, -0.05) is 43.5 Å². The van der Waals surface area contributed by atoms with E-state index < -0.39 is 17.0 Å². The summed E-state index contributed by atoms with van der Waals surface area (Å²) in [4.78, 5) is 37.5. The summed E-state index contributed by atoms with van der Waals surface area (Å²) in [6.07, 6.45) is 4.26. The highest BCUT2D eigenvalue weighted by molar-refractivity contribution is 6.54. The highest BCUT2D eigenvalue weighted by Crippen LogP contribution is 2.51. The average Bonchev–Trinajstić information content (AvgIpc) is 2.79. The van der Waals surface area contributed by atoms with Gasteiger partial charge in [0.05, 0.1) is 11.1 Å². The molecule has 1 heterocycles. The maximum absolute atomic E-state index is 12.6. The molecule has 4 heteroatoms. The standard InChI is InChI=1S/C17H15NO3/c19-14-11-7-3-2-6-10(11)13-12(15(14)20)17(16(21)18-13)8-4-1-5-9-17/h2-3,6-7H,1,4-5,8-9H2,(H,18,21). The number of hydrogen-bond acceptors (Lipinski definition) is 3. The quantitative estimate of drug-likeness (QED) is 0.742. The van der Waals surface area contributed by atoms with Crippen molar-refractivity contribution >= 4 is 23.2 Å². The lowest BCUT2D eigenvalue weighted by Crippen LogP contribution is -2.39. The van der Waals surface area contributed by atoms with Crippen LogP contribution < -0.4 is 5.32 Å². The number of nitrogens with one attached hydrogen (secondary N) is 1. The molecule has 0 radical (unpaired) electrons. The maximum Gasteiger partial charge on any atom is 0.235 e. The van der Waals surface area contributed by atoms with Crippen LogP contribution in [0.5, 0.6) is 0 Å². The zero-order chi connectivity index (χ0) is 14.6. The maximum atomic E-state index is 12.6. The van der Waals surface area contributed by atoms with E-state index >= 15 is 0 Å². The number of carbonyl (C=O) groups is 3. The molecule has 0 atom stereocenters. The Bertz CT molecular complexity index is 723. The molecule has 1 N–H and O–H groups in total. The number of benzene rings is 1. The van der Waals surface area contributed by atoms with E-state index in [9.17, 15) is 14.4 Å². The number of Topliss-reactive ketones (excluding diaryl/α,β-unsaturated/α-hetero) is 2. The van der Waals surface area contributed by atoms with Crippen LogP contribution in [0.4, 0.5) is 0 Å². The fourth-order valence-corrected chi connectivity index (χ4v) is 3.95. The van der Waals surface area contributed by atoms with Crippen LogP contribution in [0.15, 0.2) is 29.8 Å². The smallest absolute Gasteiger partial charge is 0.235 e. The molecule has 2 aliphatic carbocycles. The van der Waals surface area contributed by atoms with Crippen LogP contribution in [-0.2, 0) is 9.59 Å². The minimum atomic E-state index is -0.770. The van der Waals surface area contributed by atoms with E-state index in [1.807, 2.05) is 6.07 Å². The summed E-state index contributed by atoms with van der Waals surface area (Å²) in [6.45, 7) is 0. The summed E-state index contributed by atoms with van der Waals surface area (Å²) in [5, 5.41) is 2.89. The molecule has 4 rings (SSSR count). The second kappa shape index (κ2) is 4.13. The van der Waals surface area contributed by atoms with Gasteiger partial charge in [-0.3, -0.25) is 14.4 Å². The van der Waals surface area contributed by atoms with Crippen molar-refractivity contribution in [1.82, 2.24) is 5.32 Å². The lowest BCUT2D eigenvalue weighted by molar-refractivity contribution is -0.129. The minimum absolute atomic E-state index is 0.106. The second-order valence-electron chi connectivity index (χ2n) is 6.05. The Balaban J connectivity index is 1.98. The molecule has 3 aliphatic rings. The van der Waals surface area contributed by atoms with Crippen LogP contribution in [0.2, 0.25) is 0 Å². The Morgan fingerprint density at radius 1 is 0.857 bits per heavy atom. The Kier molecular flexibility index (Phi) is 2.46. The van der Waals surface area contributed by atoms with Crippen LogP contribution >= 0.6 is 0 Å². The Morgan fingerprint density at radius 3 is 2.24 bits per heavy atom. The highest BCUT2D eigenvalue weighted by Gasteiger charge is 2.54. The van der Waals surface area contributed by atoms with Crippen molar-refractivity contribution in [3.05, 3.63) is 41.0 Å². The van der Waals surface area contributed by atoms with E-state index in [4.69, 9.17) is 0 Å². The molecule has 106 valence electrons. The molecular weight excluding hydrogens is 266 g/mol. The van der Waals surface area contributed by atoms with Crippen molar-refractivity contribution in [3.63, 3.8) is 0 Å². The molecule has 1 fully saturated rings. The monoisotopic (exact) mass is 281 g/mol. The first-order valence-corrected chi connectivity index (χ1v) is 7.40. The predicted octanol–water partition coefficient (Wildman–Crippen LogP) is 2.24. The van der Waals surface area contributed by atoms with E-state index in [-0.39, 0.29) is 5.91 Å². The number of hydrogen-bond donors (Lipinski definition) is 1. The summed E-state index contributed by atoms with van der Waals surface area (Å²) in [7, 11) is 0. The Morgan fingerprint density at radius 2 is 1.52 bits per heavy atom. The van der Waals surface area contributed by atoms with E-state index in [2.05, 4.69) is 5.32 Å². The van der Waals surface area contributed by atoms with Crippen LogP contribution in [0.3, 0.4) is 0 Å². The van der Waals surface area contributed by atoms with Crippen LogP contribution in [-0.4, -0.2) is 17.5 Å². The molecule has 1 aromatic rings. The van der Waals surface area contributed by atoms with Crippen molar-refractivity contribution in [2.75, 3.05) is 0 Å². The van der Waals surface area contributed by atoms with Gasteiger partial charge in [-0.25, -0.2) is 0 Å². The van der Waals surface area contributed by atoms with E-state index in [1.54, 1.807) is 18.2 Å². The molecule has 1 amide bonds. The number of rotatable bonds is 0. The van der Waals surface area contributed by atoms with Crippen molar-refractivity contribution in [2.24, 2.45) is 5.41 Å². The zero-order valence-corrected chi connectivity index (χ0v) is 11.6. The normalized spacial score (nSPS) is 23.1. The van der Waals surface area contributed by atoms with E-state index in [1.165, 1.54) is 0 Å². The molecule has 1 spiro atoms. The first-order valence-electron chi connectivity index (χ1n) is 7.40. The molecular formula is C17H15NO3. The fourth-order valence-electron chi connectivity index (χ4n) is 3.95. The SMILES string of the molecule is O=C1C(=O)c2ccccc2C2=C1C1(CCCCC1)C(=O)N2. The summed E-state index contributed by atoms with van der Waals surface area (Å²) in [5.74, 6) is -1.08. The van der Waals surface area contributed by atoms with Crippen molar-refractivity contribution in [2.45, 2.75) is 32.1 Å². The van der Waals surface area contributed by atoms with Gasteiger partial charge in [0.2, 0.25) is 17.5 Å². The molecule has 4 nitrogen and oxygen atoms in total. The number of fused-ring (bicyclic) bond motifs is 3. The van der Waals surface area contributed by atoms with Gasteiger partial charge in [-0.2, -0.15) is 0 Å². The van der Waals surface area contributed by atoms with Crippen molar-refractivity contribution in [3.8, 4) is 0 Å². The third kappa shape index (κ3) is 1.47. The van der Waals surface area contributed by atoms with Crippen molar-refractivity contribution < 1.29 is 14.4 Å². The third-order valence-corrected chi connectivity index (χ3v) is 4.98.